The fourth-order valence-electron chi connectivity index (χ4n) is 1.72. The molecule has 1 atom stereocenters. The van der Waals surface area contributed by atoms with Crippen LogP contribution in [0.3, 0.4) is 0 Å². The average molecular weight is 314 g/mol. The van der Waals surface area contributed by atoms with E-state index in [1.54, 1.807) is 12.0 Å². The van der Waals surface area contributed by atoms with Crippen LogP contribution in [0.1, 0.15) is 12.0 Å². The van der Waals surface area contributed by atoms with E-state index in [1.807, 2.05) is 37.4 Å². The molecule has 3 nitrogen and oxygen atoms in total. The van der Waals surface area contributed by atoms with Crippen molar-refractivity contribution in [2.24, 2.45) is 0 Å². The van der Waals surface area contributed by atoms with E-state index in [4.69, 9.17) is 4.74 Å². The molecule has 0 fully saturated rings. The lowest BCUT2D eigenvalue weighted by molar-refractivity contribution is -0.129. The number of amides is 1. The van der Waals surface area contributed by atoms with Gasteiger partial charge in [-0.05, 0) is 12.0 Å². The number of ether oxygens (including phenoxy) is 1. The first-order valence-corrected chi connectivity index (χ1v) is 6.96. The van der Waals surface area contributed by atoms with Crippen molar-refractivity contribution in [1.29, 1.82) is 0 Å². The number of hydrogen-bond acceptors (Lipinski definition) is 2. The molecule has 1 rings (SSSR count). The maximum absolute atomic E-state index is 11.9. The minimum atomic E-state index is 0.166. The number of carbonyl (C=O) groups is 1. The van der Waals surface area contributed by atoms with Crippen LogP contribution in [0.15, 0.2) is 30.3 Å². The zero-order valence-corrected chi connectivity index (χ0v) is 12.5. The topological polar surface area (TPSA) is 29.5 Å². The van der Waals surface area contributed by atoms with Gasteiger partial charge < -0.3 is 9.64 Å². The minimum absolute atomic E-state index is 0.166. The first-order chi connectivity index (χ1) is 8.63. The predicted octanol–water partition coefficient (Wildman–Crippen LogP) is 2.49. The number of halogens is 1. The van der Waals surface area contributed by atoms with Crippen molar-refractivity contribution >= 4 is 21.8 Å². The van der Waals surface area contributed by atoms with E-state index in [-0.39, 0.29) is 10.7 Å². The molecule has 0 saturated carbocycles. The molecule has 0 radical (unpaired) electrons. The molecule has 100 valence electrons. The summed E-state index contributed by atoms with van der Waals surface area (Å²) in [4.78, 5) is 13.9. The lowest BCUT2D eigenvalue weighted by Gasteiger charge is -2.20. The van der Waals surface area contributed by atoms with Crippen molar-refractivity contribution < 1.29 is 9.53 Å². The zero-order valence-electron chi connectivity index (χ0n) is 10.9. The van der Waals surface area contributed by atoms with Gasteiger partial charge in [-0.25, -0.2) is 0 Å². The summed E-state index contributed by atoms with van der Waals surface area (Å²) < 4.78 is 5.03. The largest absolute Gasteiger partial charge is 0.383 e. The number of benzene rings is 1. The van der Waals surface area contributed by atoms with Crippen LogP contribution in [0.4, 0.5) is 0 Å². The van der Waals surface area contributed by atoms with Crippen molar-refractivity contribution in [2.75, 3.05) is 27.3 Å². The maximum Gasteiger partial charge on any atom is 0.222 e. The monoisotopic (exact) mass is 313 g/mol. The van der Waals surface area contributed by atoms with Gasteiger partial charge in [0.25, 0.3) is 0 Å². The highest BCUT2D eigenvalue weighted by molar-refractivity contribution is 9.09. The molecule has 0 bridgehead atoms. The third kappa shape index (κ3) is 5.65. The predicted molar refractivity (Wildman–Crippen MR) is 77.0 cm³/mol. The van der Waals surface area contributed by atoms with Gasteiger partial charge in [0.15, 0.2) is 0 Å². The number of alkyl halides is 1. The molecule has 1 aromatic rings. The quantitative estimate of drug-likeness (QED) is 0.724. The summed E-state index contributed by atoms with van der Waals surface area (Å²) in [5.41, 5.74) is 1.20. The van der Waals surface area contributed by atoms with Crippen LogP contribution in [-0.2, 0) is 16.0 Å². The number of methoxy groups -OCH3 is 1. The minimum Gasteiger partial charge on any atom is -0.383 e. The van der Waals surface area contributed by atoms with E-state index in [1.165, 1.54) is 5.56 Å². The number of nitrogens with zero attached hydrogens (tertiary/aromatic N) is 1. The molecule has 0 N–H and O–H groups in total. The first kappa shape index (κ1) is 15.2. The van der Waals surface area contributed by atoms with Crippen LogP contribution < -0.4 is 0 Å². The van der Waals surface area contributed by atoms with Crippen molar-refractivity contribution in [2.45, 2.75) is 17.7 Å². The second-order valence-corrected chi connectivity index (χ2v) is 5.61. The Balaban J connectivity index is 2.32. The Hall–Kier alpha value is -0.870. The first-order valence-electron chi connectivity index (χ1n) is 6.04. The number of hydrogen-bond donors (Lipinski definition) is 0. The van der Waals surface area contributed by atoms with Crippen LogP contribution >= 0.6 is 15.9 Å². The van der Waals surface area contributed by atoms with Crippen LogP contribution in [0.25, 0.3) is 0 Å². The number of rotatable bonds is 7. The molecular formula is C14H20BrNO2. The maximum atomic E-state index is 11.9. The Morgan fingerprint density at radius 1 is 1.39 bits per heavy atom. The Bertz CT molecular complexity index is 356. The van der Waals surface area contributed by atoms with Crippen LogP contribution in [0, 0.1) is 0 Å². The van der Waals surface area contributed by atoms with Gasteiger partial charge in [0.05, 0.1) is 11.4 Å². The fourth-order valence-corrected chi connectivity index (χ4v) is 2.42. The summed E-state index contributed by atoms with van der Waals surface area (Å²) in [7, 11) is 3.49. The number of aryl methyl sites for hydroxylation is 1. The van der Waals surface area contributed by atoms with Crippen LogP contribution in [-0.4, -0.2) is 42.9 Å². The van der Waals surface area contributed by atoms with Crippen molar-refractivity contribution in [3.63, 3.8) is 0 Å². The Morgan fingerprint density at radius 2 is 2.06 bits per heavy atom. The summed E-state index contributed by atoms with van der Waals surface area (Å²) in [6.45, 7) is 1.28. The zero-order chi connectivity index (χ0) is 13.4. The van der Waals surface area contributed by atoms with E-state index >= 15 is 0 Å². The van der Waals surface area contributed by atoms with E-state index < -0.39 is 0 Å². The molecule has 1 unspecified atom stereocenters. The second kappa shape index (κ2) is 8.27. The van der Waals surface area contributed by atoms with Crippen LogP contribution in [0.5, 0.6) is 0 Å². The highest BCUT2D eigenvalue weighted by Gasteiger charge is 2.13. The molecule has 0 aliphatic carbocycles. The normalized spacial score (nSPS) is 12.2. The van der Waals surface area contributed by atoms with Gasteiger partial charge in [-0.2, -0.15) is 0 Å². The van der Waals surface area contributed by atoms with E-state index in [2.05, 4.69) is 15.9 Å². The Kier molecular flexibility index (Phi) is 6.98. The summed E-state index contributed by atoms with van der Waals surface area (Å²) in [5, 5.41) is 0. The molecular weight excluding hydrogens is 294 g/mol. The highest BCUT2D eigenvalue weighted by Crippen LogP contribution is 2.07. The third-order valence-electron chi connectivity index (χ3n) is 2.72. The second-order valence-electron chi connectivity index (χ2n) is 4.31. The summed E-state index contributed by atoms with van der Waals surface area (Å²) in [5.74, 6) is 0.166. The fraction of sp³-hybridized carbons (Fsp3) is 0.500. The SMILES string of the molecule is COCC(Br)CN(C)C(=O)CCc1ccccc1. The average Bonchev–Trinajstić information content (AvgIpc) is 2.37. The van der Waals surface area contributed by atoms with Gasteiger partial charge in [0, 0.05) is 27.1 Å². The smallest absolute Gasteiger partial charge is 0.222 e. The molecule has 0 saturated heterocycles. The van der Waals surface area contributed by atoms with Gasteiger partial charge in [-0.3, -0.25) is 4.79 Å². The molecule has 0 aromatic heterocycles. The number of carbonyl (C=O) groups excluding carboxylic acids is 1. The summed E-state index contributed by atoms with van der Waals surface area (Å²) in [6.07, 6.45) is 1.34. The molecule has 18 heavy (non-hydrogen) atoms. The Morgan fingerprint density at radius 3 is 2.67 bits per heavy atom. The highest BCUT2D eigenvalue weighted by atomic mass is 79.9. The molecule has 4 heteroatoms. The van der Waals surface area contributed by atoms with Crippen molar-refractivity contribution in [3.05, 3.63) is 35.9 Å². The van der Waals surface area contributed by atoms with E-state index in [0.717, 1.165) is 6.42 Å². The molecule has 0 spiro atoms. The molecule has 1 aromatic carbocycles. The summed E-state index contributed by atoms with van der Waals surface area (Å²) >= 11 is 3.48. The Labute approximate surface area is 117 Å². The van der Waals surface area contributed by atoms with E-state index in [9.17, 15) is 4.79 Å². The van der Waals surface area contributed by atoms with Gasteiger partial charge in [-0.1, -0.05) is 46.3 Å². The molecule has 0 aliphatic heterocycles. The van der Waals surface area contributed by atoms with Crippen molar-refractivity contribution in [3.8, 4) is 0 Å². The van der Waals surface area contributed by atoms with Crippen LogP contribution in [0.2, 0.25) is 0 Å². The lowest BCUT2D eigenvalue weighted by Crippen LogP contribution is -2.33. The molecule has 1 amide bonds. The lowest BCUT2D eigenvalue weighted by atomic mass is 10.1. The summed E-state index contributed by atoms with van der Waals surface area (Å²) in [6, 6.07) is 10.1. The van der Waals surface area contributed by atoms with Gasteiger partial charge in [-0.15, -0.1) is 0 Å². The van der Waals surface area contributed by atoms with E-state index in [0.29, 0.717) is 19.6 Å². The third-order valence-corrected chi connectivity index (χ3v) is 3.27. The molecule has 0 aliphatic rings. The van der Waals surface area contributed by atoms with Gasteiger partial charge >= 0.3 is 0 Å². The van der Waals surface area contributed by atoms with Crippen molar-refractivity contribution in [1.82, 2.24) is 4.90 Å². The standard InChI is InChI=1S/C14H20BrNO2/c1-16(10-13(15)11-18-2)14(17)9-8-12-6-4-3-5-7-12/h3-7,13H,8-11H2,1-2H3. The van der Waals surface area contributed by atoms with Gasteiger partial charge in [0.2, 0.25) is 5.91 Å². The van der Waals surface area contributed by atoms with Gasteiger partial charge in [0.1, 0.15) is 0 Å². The molecule has 0 heterocycles.